The number of aromatic nitrogens is 2. The monoisotopic (exact) mass is 346 g/mol. The molecule has 1 aromatic carbocycles. The lowest BCUT2D eigenvalue weighted by molar-refractivity contribution is -0.131. The van der Waals surface area contributed by atoms with Gasteiger partial charge in [0.2, 0.25) is 11.8 Å². The topological polar surface area (TPSA) is 99.1 Å². The molecule has 2 aromatic rings. The van der Waals surface area contributed by atoms with Crippen molar-refractivity contribution < 1.29 is 9.59 Å². The summed E-state index contributed by atoms with van der Waals surface area (Å²) < 4.78 is 3.04. The van der Waals surface area contributed by atoms with Crippen molar-refractivity contribution in [2.24, 2.45) is 11.7 Å². The summed E-state index contributed by atoms with van der Waals surface area (Å²) in [5, 5.41) is 2.71. The number of primary amides is 1. The summed E-state index contributed by atoms with van der Waals surface area (Å²) in [7, 11) is 0. The predicted octanol–water partition coefficient (Wildman–Crippen LogP) is 1.23. The van der Waals surface area contributed by atoms with Crippen LogP contribution in [0.25, 0.3) is 11.0 Å². The summed E-state index contributed by atoms with van der Waals surface area (Å²) in [5.74, 6) is -0.816. The van der Waals surface area contributed by atoms with E-state index >= 15 is 0 Å². The van der Waals surface area contributed by atoms with Gasteiger partial charge in [-0.15, -0.1) is 0 Å². The quantitative estimate of drug-likeness (QED) is 0.789. The van der Waals surface area contributed by atoms with Crippen molar-refractivity contribution in [3.8, 4) is 0 Å². The summed E-state index contributed by atoms with van der Waals surface area (Å²) in [6.07, 6.45) is 0.430. The van der Waals surface area contributed by atoms with Crippen LogP contribution in [-0.4, -0.2) is 26.5 Å². The van der Waals surface area contributed by atoms with Crippen LogP contribution in [-0.2, 0) is 22.7 Å². The zero-order valence-electron chi connectivity index (χ0n) is 15.2. The molecule has 25 heavy (non-hydrogen) atoms. The van der Waals surface area contributed by atoms with Crippen LogP contribution in [0.2, 0.25) is 0 Å². The summed E-state index contributed by atoms with van der Waals surface area (Å²) in [6, 6.07) is 7.33. The van der Waals surface area contributed by atoms with Gasteiger partial charge in [0, 0.05) is 6.54 Å². The highest BCUT2D eigenvalue weighted by Crippen LogP contribution is 2.17. The third-order valence-electron chi connectivity index (χ3n) is 4.32. The minimum absolute atomic E-state index is 0.159. The number of nitrogens with two attached hydrogens (primary N) is 1. The molecule has 2 rings (SSSR count). The van der Waals surface area contributed by atoms with Gasteiger partial charge in [0.05, 0.1) is 11.0 Å². The molecule has 0 bridgehead atoms. The third-order valence-corrected chi connectivity index (χ3v) is 4.32. The molecular formula is C18H26N4O3. The van der Waals surface area contributed by atoms with Crippen molar-refractivity contribution in [3.05, 3.63) is 34.7 Å². The fourth-order valence-electron chi connectivity index (χ4n) is 3.25. The maximum Gasteiger partial charge on any atom is 0.329 e. The maximum absolute atomic E-state index is 12.6. The van der Waals surface area contributed by atoms with Crippen LogP contribution in [0.3, 0.4) is 0 Å². The number of imidazole rings is 1. The molecular weight excluding hydrogens is 320 g/mol. The lowest BCUT2D eigenvalue weighted by Crippen LogP contribution is -2.56. The number of amides is 2. The first kappa shape index (κ1) is 18.8. The number of benzene rings is 1. The number of nitrogens with zero attached hydrogens (tertiary/aromatic N) is 2. The molecule has 1 unspecified atom stereocenters. The molecule has 0 aliphatic rings. The smallest absolute Gasteiger partial charge is 0.329 e. The van der Waals surface area contributed by atoms with E-state index < -0.39 is 17.4 Å². The summed E-state index contributed by atoms with van der Waals surface area (Å²) in [4.78, 5) is 36.9. The second kappa shape index (κ2) is 7.13. The van der Waals surface area contributed by atoms with Gasteiger partial charge in [0.15, 0.2) is 0 Å². The Hall–Kier alpha value is -2.57. The molecule has 136 valence electrons. The Kier molecular flexibility index (Phi) is 5.35. The van der Waals surface area contributed by atoms with Gasteiger partial charge in [0.1, 0.15) is 12.1 Å². The lowest BCUT2D eigenvalue weighted by atomic mass is 9.90. The number of carbonyl (C=O) groups is 2. The van der Waals surface area contributed by atoms with Crippen LogP contribution in [0, 0.1) is 5.92 Å². The van der Waals surface area contributed by atoms with Gasteiger partial charge in [-0.1, -0.05) is 26.0 Å². The molecule has 2 amide bonds. The fraction of sp³-hybridized carbons (Fsp3) is 0.500. The molecule has 7 heteroatoms. The van der Waals surface area contributed by atoms with Crippen LogP contribution in [0.15, 0.2) is 29.1 Å². The van der Waals surface area contributed by atoms with Crippen LogP contribution < -0.4 is 16.7 Å². The number of aryl methyl sites for hydroxylation is 1. The SMILES string of the molecule is CCn1c(=O)n(CC(=O)NC(C)(CC(C)C)C(N)=O)c2ccccc21. The molecule has 0 saturated heterocycles. The van der Waals surface area contributed by atoms with Crippen LogP contribution in [0.5, 0.6) is 0 Å². The van der Waals surface area contributed by atoms with Crippen molar-refractivity contribution in [2.75, 3.05) is 0 Å². The van der Waals surface area contributed by atoms with Crippen molar-refractivity contribution >= 4 is 22.8 Å². The van der Waals surface area contributed by atoms with Gasteiger partial charge in [-0.3, -0.25) is 18.7 Å². The molecule has 1 aromatic heterocycles. The Labute approximate surface area is 146 Å². The molecule has 0 saturated carbocycles. The van der Waals surface area contributed by atoms with E-state index in [1.165, 1.54) is 4.57 Å². The van der Waals surface area contributed by atoms with Gasteiger partial charge in [-0.2, -0.15) is 0 Å². The summed E-state index contributed by atoms with van der Waals surface area (Å²) in [6.45, 7) is 7.75. The first-order valence-corrected chi connectivity index (χ1v) is 8.48. The third kappa shape index (κ3) is 3.75. The highest BCUT2D eigenvalue weighted by molar-refractivity contribution is 5.90. The van der Waals surface area contributed by atoms with E-state index in [1.54, 1.807) is 17.6 Å². The van der Waals surface area contributed by atoms with Gasteiger partial charge >= 0.3 is 5.69 Å². The zero-order valence-corrected chi connectivity index (χ0v) is 15.2. The average Bonchev–Trinajstić information content (AvgIpc) is 2.78. The van der Waals surface area contributed by atoms with E-state index in [9.17, 15) is 14.4 Å². The maximum atomic E-state index is 12.6. The molecule has 0 radical (unpaired) electrons. The number of carbonyl (C=O) groups excluding carboxylic acids is 2. The molecule has 3 N–H and O–H groups in total. The van der Waals surface area contributed by atoms with Crippen molar-refractivity contribution in [3.63, 3.8) is 0 Å². The first-order valence-electron chi connectivity index (χ1n) is 8.48. The molecule has 0 spiro atoms. The van der Waals surface area contributed by atoms with E-state index in [0.717, 1.165) is 5.52 Å². The Morgan fingerprint density at radius 1 is 1.20 bits per heavy atom. The van der Waals surface area contributed by atoms with Crippen molar-refractivity contribution in [1.29, 1.82) is 0 Å². The second-order valence-corrected chi connectivity index (χ2v) is 6.94. The van der Waals surface area contributed by atoms with Crippen molar-refractivity contribution in [1.82, 2.24) is 14.5 Å². The largest absolute Gasteiger partial charge is 0.368 e. The highest BCUT2D eigenvalue weighted by atomic mass is 16.2. The standard InChI is InChI=1S/C18H26N4O3/c1-5-21-13-8-6-7-9-14(13)22(17(21)25)11-15(23)20-18(4,16(19)24)10-12(2)3/h6-9,12H,5,10-11H2,1-4H3,(H2,19,24)(H,20,23). The van der Waals surface area contributed by atoms with E-state index in [0.29, 0.717) is 18.5 Å². The van der Waals surface area contributed by atoms with E-state index in [4.69, 9.17) is 5.73 Å². The summed E-state index contributed by atoms with van der Waals surface area (Å²) in [5.41, 5.74) is 5.56. The zero-order chi connectivity index (χ0) is 18.8. The Morgan fingerprint density at radius 2 is 1.76 bits per heavy atom. The Morgan fingerprint density at radius 3 is 2.24 bits per heavy atom. The van der Waals surface area contributed by atoms with Crippen LogP contribution in [0.1, 0.15) is 34.1 Å². The highest BCUT2D eigenvalue weighted by Gasteiger charge is 2.33. The number of nitrogens with one attached hydrogen (secondary N) is 1. The average molecular weight is 346 g/mol. The number of para-hydroxylation sites is 2. The minimum atomic E-state index is -1.14. The summed E-state index contributed by atoms with van der Waals surface area (Å²) >= 11 is 0. The Bertz CT molecular complexity index is 850. The van der Waals surface area contributed by atoms with E-state index in [1.807, 2.05) is 39.0 Å². The molecule has 0 fully saturated rings. The minimum Gasteiger partial charge on any atom is -0.368 e. The first-order chi connectivity index (χ1) is 11.7. The molecule has 1 atom stereocenters. The lowest BCUT2D eigenvalue weighted by Gasteiger charge is -2.29. The van der Waals surface area contributed by atoms with Gasteiger partial charge < -0.3 is 11.1 Å². The second-order valence-electron chi connectivity index (χ2n) is 6.94. The fourth-order valence-corrected chi connectivity index (χ4v) is 3.25. The normalized spacial score (nSPS) is 13.8. The predicted molar refractivity (Wildman–Crippen MR) is 97.1 cm³/mol. The number of fused-ring (bicyclic) bond motifs is 1. The molecule has 0 aliphatic carbocycles. The van der Waals surface area contributed by atoms with E-state index in [2.05, 4.69) is 5.32 Å². The number of hydrogen-bond acceptors (Lipinski definition) is 3. The van der Waals surface area contributed by atoms with Gasteiger partial charge in [-0.25, -0.2) is 4.79 Å². The Balaban J connectivity index is 2.32. The van der Waals surface area contributed by atoms with Gasteiger partial charge in [0.25, 0.3) is 0 Å². The van der Waals surface area contributed by atoms with Crippen molar-refractivity contribution in [2.45, 2.75) is 52.7 Å². The van der Waals surface area contributed by atoms with Crippen LogP contribution >= 0.6 is 0 Å². The molecule has 1 heterocycles. The van der Waals surface area contributed by atoms with Gasteiger partial charge in [-0.05, 0) is 38.3 Å². The van der Waals surface area contributed by atoms with E-state index in [-0.39, 0.29) is 18.2 Å². The number of rotatable bonds is 7. The molecule has 0 aliphatic heterocycles. The number of hydrogen-bond donors (Lipinski definition) is 2. The van der Waals surface area contributed by atoms with Crippen LogP contribution in [0.4, 0.5) is 0 Å². The molecule has 7 nitrogen and oxygen atoms in total.